The zero-order valence-corrected chi connectivity index (χ0v) is 9.07. The minimum absolute atomic E-state index is 0.589. The van der Waals surface area contributed by atoms with Gasteiger partial charge in [0.15, 0.2) is 0 Å². The first kappa shape index (κ1) is 12.9. The minimum atomic E-state index is -1.82. The fourth-order valence-corrected chi connectivity index (χ4v) is 2.00. The quantitative estimate of drug-likeness (QED) is 0.505. The molecule has 2 saturated heterocycles. The smallest absolute Gasteiger partial charge is 0.414 e. The molecule has 16 heavy (non-hydrogen) atoms. The zero-order valence-electron chi connectivity index (χ0n) is 9.07. The SMILES string of the molecule is C1CC2(CCN1)CCOC2.O=C(O)C(=O)O. The predicted molar refractivity (Wildman–Crippen MR) is 55.2 cm³/mol. The molecule has 0 saturated carbocycles. The Bertz CT molecular complexity index is 240. The molecule has 2 rings (SSSR count). The highest BCUT2D eigenvalue weighted by Crippen LogP contribution is 2.36. The molecule has 0 bridgehead atoms. The first-order valence-electron chi connectivity index (χ1n) is 5.30. The van der Waals surface area contributed by atoms with E-state index in [2.05, 4.69) is 5.32 Å². The van der Waals surface area contributed by atoms with Crippen molar-refractivity contribution in [2.75, 3.05) is 26.3 Å². The van der Waals surface area contributed by atoms with E-state index in [4.69, 9.17) is 24.5 Å². The van der Waals surface area contributed by atoms with Crippen LogP contribution in [0.15, 0.2) is 0 Å². The van der Waals surface area contributed by atoms with Crippen LogP contribution in [0, 0.1) is 5.41 Å². The molecular weight excluding hydrogens is 214 g/mol. The second-order valence-corrected chi connectivity index (χ2v) is 4.16. The van der Waals surface area contributed by atoms with Crippen molar-refractivity contribution in [3.05, 3.63) is 0 Å². The number of ether oxygens (including phenoxy) is 1. The van der Waals surface area contributed by atoms with Crippen LogP contribution in [0.5, 0.6) is 0 Å². The summed E-state index contributed by atoms with van der Waals surface area (Å²) >= 11 is 0. The first-order valence-corrected chi connectivity index (χ1v) is 5.30. The zero-order chi connectivity index (χ0) is 12.0. The largest absolute Gasteiger partial charge is 0.473 e. The van der Waals surface area contributed by atoms with Crippen LogP contribution in [0.2, 0.25) is 0 Å². The van der Waals surface area contributed by atoms with Gasteiger partial charge in [-0.25, -0.2) is 9.59 Å². The highest BCUT2D eigenvalue weighted by Gasteiger charge is 2.35. The Labute approximate surface area is 93.6 Å². The number of piperidine rings is 1. The predicted octanol–water partition coefficient (Wildman–Crippen LogP) is -0.0679. The van der Waals surface area contributed by atoms with Crippen LogP contribution >= 0.6 is 0 Å². The maximum Gasteiger partial charge on any atom is 0.414 e. The highest BCUT2D eigenvalue weighted by atomic mass is 16.5. The first-order chi connectivity index (χ1) is 7.56. The summed E-state index contributed by atoms with van der Waals surface area (Å²) in [5.74, 6) is -3.65. The van der Waals surface area contributed by atoms with Gasteiger partial charge in [0.05, 0.1) is 6.61 Å². The third-order valence-electron chi connectivity index (χ3n) is 3.03. The highest BCUT2D eigenvalue weighted by molar-refractivity contribution is 6.27. The Hall–Kier alpha value is -1.14. The van der Waals surface area contributed by atoms with Gasteiger partial charge in [-0.2, -0.15) is 0 Å². The van der Waals surface area contributed by atoms with Crippen LogP contribution in [0.25, 0.3) is 0 Å². The monoisotopic (exact) mass is 231 g/mol. The number of carboxylic acid groups (broad SMARTS) is 2. The molecule has 0 aliphatic carbocycles. The van der Waals surface area contributed by atoms with Gasteiger partial charge in [-0.05, 0) is 37.8 Å². The number of carboxylic acids is 2. The molecule has 0 unspecified atom stereocenters. The second kappa shape index (κ2) is 5.81. The molecule has 92 valence electrons. The van der Waals surface area contributed by atoms with Crippen LogP contribution in [-0.4, -0.2) is 48.5 Å². The number of rotatable bonds is 0. The van der Waals surface area contributed by atoms with E-state index in [0.29, 0.717) is 5.41 Å². The number of carbonyl (C=O) groups is 2. The van der Waals surface area contributed by atoms with Crippen molar-refractivity contribution in [2.24, 2.45) is 5.41 Å². The Balaban J connectivity index is 0.000000187. The number of hydrogen-bond acceptors (Lipinski definition) is 4. The standard InChI is InChI=1S/C8H15NO.C2H2O4/c1-4-9-5-2-8(1)3-6-10-7-8;3-1(4)2(5)6/h9H,1-7H2;(H,3,4)(H,5,6). The fraction of sp³-hybridized carbons (Fsp3) is 0.800. The maximum absolute atomic E-state index is 9.10. The molecule has 2 heterocycles. The molecule has 0 aromatic heterocycles. The van der Waals surface area contributed by atoms with Crippen LogP contribution in [0.4, 0.5) is 0 Å². The number of aliphatic carboxylic acids is 2. The Kier molecular flexibility index (Phi) is 4.70. The molecule has 0 radical (unpaired) electrons. The Morgan fingerprint density at radius 2 is 1.62 bits per heavy atom. The molecular formula is C10H17NO5. The molecule has 0 amide bonds. The average Bonchev–Trinajstić information content (AvgIpc) is 2.68. The van der Waals surface area contributed by atoms with E-state index in [1.807, 2.05) is 0 Å². The van der Waals surface area contributed by atoms with Gasteiger partial charge < -0.3 is 20.3 Å². The lowest BCUT2D eigenvalue weighted by atomic mass is 9.79. The normalized spacial score (nSPS) is 22.2. The molecule has 0 atom stereocenters. The van der Waals surface area contributed by atoms with Crippen molar-refractivity contribution in [2.45, 2.75) is 19.3 Å². The molecule has 2 aliphatic heterocycles. The lowest BCUT2D eigenvalue weighted by Gasteiger charge is -2.31. The number of hydrogen-bond donors (Lipinski definition) is 3. The summed E-state index contributed by atoms with van der Waals surface area (Å²) in [6.45, 7) is 4.42. The van der Waals surface area contributed by atoms with Crippen molar-refractivity contribution >= 4 is 11.9 Å². The van der Waals surface area contributed by atoms with Gasteiger partial charge in [0.2, 0.25) is 0 Å². The van der Waals surface area contributed by atoms with Gasteiger partial charge in [0, 0.05) is 6.61 Å². The van der Waals surface area contributed by atoms with E-state index in [0.717, 1.165) is 13.2 Å². The van der Waals surface area contributed by atoms with Gasteiger partial charge in [-0.15, -0.1) is 0 Å². The average molecular weight is 231 g/mol. The molecule has 2 aliphatic rings. The summed E-state index contributed by atoms with van der Waals surface area (Å²) in [6, 6.07) is 0. The molecule has 6 nitrogen and oxygen atoms in total. The van der Waals surface area contributed by atoms with Crippen LogP contribution in [0.1, 0.15) is 19.3 Å². The summed E-state index contributed by atoms with van der Waals surface area (Å²) in [5, 5.41) is 18.2. The lowest BCUT2D eigenvalue weighted by molar-refractivity contribution is -0.159. The van der Waals surface area contributed by atoms with E-state index < -0.39 is 11.9 Å². The summed E-state index contributed by atoms with van der Waals surface area (Å²) in [6.07, 6.45) is 3.95. The third-order valence-corrected chi connectivity index (χ3v) is 3.03. The van der Waals surface area contributed by atoms with Crippen molar-refractivity contribution in [3.63, 3.8) is 0 Å². The van der Waals surface area contributed by atoms with Crippen LogP contribution in [0.3, 0.4) is 0 Å². The van der Waals surface area contributed by atoms with Crippen LogP contribution < -0.4 is 5.32 Å². The molecule has 2 fully saturated rings. The maximum atomic E-state index is 9.10. The Morgan fingerprint density at radius 1 is 1.06 bits per heavy atom. The van der Waals surface area contributed by atoms with Crippen molar-refractivity contribution in [1.82, 2.24) is 5.32 Å². The Morgan fingerprint density at radius 3 is 2.00 bits per heavy atom. The second-order valence-electron chi connectivity index (χ2n) is 4.16. The minimum Gasteiger partial charge on any atom is -0.473 e. The van der Waals surface area contributed by atoms with Crippen molar-refractivity contribution in [3.8, 4) is 0 Å². The fourth-order valence-electron chi connectivity index (χ4n) is 2.00. The van der Waals surface area contributed by atoms with E-state index >= 15 is 0 Å². The van der Waals surface area contributed by atoms with Crippen LogP contribution in [-0.2, 0) is 14.3 Å². The van der Waals surface area contributed by atoms with Gasteiger partial charge in [0.1, 0.15) is 0 Å². The van der Waals surface area contributed by atoms with Gasteiger partial charge in [0.25, 0.3) is 0 Å². The molecule has 0 aromatic rings. The third kappa shape index (κ3) is 3.79. The lowest BCUT2D eigenvalue weighted by Crippen LogP contribution is -2.36. The number of nitrogens with one attached hydrogen (secondary N) is 1. The molecule has 3 N–H and O–H groups in total. The van der Waals surface area contributed by atoms with Crippen molar-refractivity contribution in [1.29, 1.82) is 0 Å². The summed E-state index contributed by atoms with van der Waals surface area (Å²) < 4.78 is 5.41. The summed E-state index contributed by atoms with van der Waals surface area (Å²) in [5.41, 5.74) is 0.589. The van der Waals surface area contributed by atoms with E-state index in [9.17, 15) is 0 Å². The topological polar surface area (TPSA) is 95.9 Å². The van der Waals surface area contributed by atoms with E-state index in [1.54, 1.807) is 0 Å². The molecule has 0 aromatic carbocycles. The van der Waals surface area contributed by atoms with Crippen molar-refractivity contribution < 1.29 is 24.5 Å². The van der Waals surface area contributed by atoms with Gasteiger partial charge in [-0.3, -0.25) is 0 Å². The molecule has 1 spiro atoms. The van der Waals surface area contributed by atoms with E-state index in [1.165, 1.54) is 32.4 Å². The van der Waals surface area contributed by atoms with Gasteiger partial charge >= 0.3 is 11.9 Å². The summed E-state index contributed by atoms with van der Waals surface area (Å²) in [4.78, 5) is 18.2. The molecule has 6 heteroatoms. The summed E-state index contributed by atoms with van der Waals surface area (Å²) in [7, 11) is 0. The van der Waals surface area contributed by atoms with E-state index in [-0.39, 0.29) is 0 Å². The van der Waals surface area contributed by atoms with Gasteiger partial charge in [-0.1, -0.05) is 0 Å².